The largest absolute Gasteiger partial charge is 0.465 e. The van der Waals surface area contributed by atoms with Crippen LogP contribution >= 0.6 is 0 Å². The second-order valence-corrected chi connectivity index (χ2v) is 6.68. The van der Waals surface area contributed by atoms with Crippen LogP contribution in [-0.4, -0.2) is 16.3 Å². The second kappa shape index (κ2) is 6.42. The SMILES string of the molecule is CC(C)(C)[C@@](O)(c1ccccc1)[C@@H](NC(=O)O)c1ccccc1. The van der Waals surface area contributed by atoms with E-state index in [0.717, 1.165) is 5.56 Å². The number of nitrogens with one attached hydrogen (secondary N) is 1. The van der Waals surface area contributed by atoms with E-state index in [-0.39, 0.29) is 0 Å². The van der Waals surface area contributed by atoms with Gasteiger partial charge in [-0.05, 0) is 16.5 Å². The highest BCUT2D eigenvalue weighted by Crippen LogP contribution is 2.47. The van der Waals surface area contributed by atoms with Gasteiger partial charge in [-0.15, -0.1) is 0 Å². The summed E-state index contributed by atoms with van der Waals surface area (Å²) in [5.74, 6) is 0. The van der Waals surface area contributed by atoms with Crippen molar-refractivity contribution >= 4 is 6.09 Å². The number of carbonyl (C=O) groups is 1. The van der Waals surface area contributed by atoms with Crippen LogP contribution in [0, 0.1) is 5.41 Å². The predicted molar refractivity (Wildman–Crippen MR) is 90.1 cm³/mol. The average molecular weight is 313 g/mol. The summed E-state index contributed by atoms with van der Waals surface area (Å²) in [4.78, 5) is 11.4. The first-order valence-corrected chi connectivity index (χ1v) is 7.59. The van der Waals surface area contributed by atoms with Gasteiger partial charge in [0.25, 0.3) is 0 Å². The lowest BCUT2D eigenvalue weighted by Gasteiger charge is -2.46. The molecule has 2 aromatic carbocycles. The molecule has 1 amide bonds. The summed E-state index contributed by atoms with van der Waals surface area (Å²) in [6.07, 6.45) is -1.17. The van der Waals surface area contributed by atoms with Gasteiger partial charge < -0.3 is 15.5 Å². The maximum absolute atomic E-state index is 11.7. The molecular weight excluding hydrogens is 290 g/mol. The van der Waals surface area contributed by atoms with Crippen molar-refractivity contribution in [2.24, 2.45) is 5.41 Å². The van der Waals surface area contributed by atoms with Crippen molar-refractivity contribution in [2.45, 2.75) is 32.4 Å². The standard InChI is InChI=1S/C19H23NO3/c1-18(2,3)19(23,15-12-8-5-9-13-15)16(20-17(21)22)14-10-6-4-7-11-14/h4-13,16,20,23H,1-3H3,(H,21,22)/t16-,19+/m0/s1. The third kappa shape index (κ3) is 3.37. The van der Waals surface area contributed by atoms with Crippen LogP contribution in [0.3, 0.4) is 0 Å². The van der Waals surface area contributed by atoms with Crippen molar-refractivity contribution in [1.29, 1.82) is 0 Å². The molecule has 4 nitrogen and oxygen atoms in total. The monoisotopic (exact) mass is 313 g/mol. The fourth-order valence-corrected chi connectivity index (χ4v) is 2.92. The number of hydrogen-bond acceptors (Lipinski definition) is 2. The molecule has 0 saturated heterocycles. The Morgan fingerprint density at radius 1 is 0.957 bits per heavy atom. The molecule has 0 aromatic heterocycles. The zero-order valence-corrected chi connectivity index (χ0v) is 13.7. The molecular formula is C19H23NO3. The molecule has 0 unspecified atom stereocenters. The molecule has 2 rings (SSSR count). The molecule has 0 heterocycles. The van der Waals surface area contributed by atoms with Crippen LogP contribution in [0.5, 0.6) is 0 Å². The van der Waals surface area contributed by atoms with E-state index in [9.17, 15) is 15.0 Å². The Bertz CT molecular complexity index is 649. The summed E-state index contributed by atoms with van der Waals surface area (Å²) < 4.78 is 0. The minimum Gasteiger partial charge on any atom is -0.465 e. The number of hydrogen-bond donors (Lipinski definition) is 3. The molecule has 2 atom stereocenters. The number of carboxylic acid groups (broad SMARTS) is 1. The van der Waals surface area contributed by atoms with Crippen molar-refractivity contribution in [3.63, 3.8) is 0 Å². The lowest BCUT2D eigenvalue weighted by molar-refractivity contribution is -0.0941. The number of amides is 1. The summed E-state index contributed by atoms with van der Waals surface area (Å²) in [5, 5.41) is 23.5. The first-order valence-electron chi connectivity index (χ1n) is 7.59. The van der Waals surface area contributed by atoms with Crippen molar-refractivity contribution in [3.05, 3.63) is 71.8 Å². The number of aliphatic hydroxyl groups is 1. The molecule has 0 saturated carbocycles. The van der Waals surface area contributed by atoms with Crippen LogP contribution in [0.1, 0.15) is 37.9 Å². The maximum atomic E-state index is 11.7. The maximum Gasteiger partial charge on any atom is 0.405 e. The Balaban J connectivity index is 2.65. The number of benzene rings is 2. The highest BCUT2D eigenvalue weighted by molar-refractivity contribution is 5.65. The quantitative estimate of drug-likeness (QED) is 0.801. The average Bonchev–Trinajstić information content (AvgIpc) is 2.52. The summed E-state index contributed by atoms with van der Waals surface area (Å²) in [6, 6.07) is 17.6. The fourth-order valence-electron chi connectivity index (χ4n) is 2.92. The van der Waals surface area contributed by atoms with E-state index in [4.69, 9.17) is 0 Å². The van der Waals surface area contributed by atoms with Crippen molar-refractivity contribution in [2.75, 3.05) is 0 Å². The van der Waals surface area contributed by atoms with Gasteiger partial charge in [0, 0.05) is 0 Å². The van der Waals surface area contributed by atoms with Gasteiger partial charge in [0.05, 0.1) is 6.04 Å². The Morgan fingerprint density at radius 3 is 1.87 bits per heavy atom. The summed E-state index contributed by atoms with van der Waals surface area (Å²) in [6.45, 7) is 5.71. The third-order valence-corrected chi connectivity index (χ3v) is 4.18. The second-order valence-electron chi connectivity index (χ2n) is 6.68. The third-order valence-electron chi connectivity index (χ3n) is 4.18. The Morgan fingerprint density at radius 2 is 1.43 bits per heavy atom. The van der Waals surface area contributed by atoms with Gasteiger partial charge in [-0.3, -0.25) is 0 Å². The van der Waals surface area contributed by atoms with Crippen LogP contribution in [0.15, 0.2) is 60.7 Å². The first kappa shape index (κ1) is 17.0. The normalized spacial score (nSPS) is 15.5. The van der Waals surface area contributed by atoms with E-state index in [2.05, 4.69) is 5.32 Å². The van der Waals surface area contributed by atoms with Crippen LogP contribution in [-0.2, 0) is 5.60 Å². The van der Waals surface area contributed by atoms with Gasteiger partial charge in [0.1, 0.15) is 5.60 Å². The van der Waals surface area contributed by atoms with Crippen molar-refractivity contribution in [1.82, 2.24) is 5.32 Å². The molecule has 0 spiro atoms. The zero-order chi connectivity index (χ0) is 17.1. The lowest BCUT2D eigenvalue weighted by Crippen LogP contribution is -2.51. The zero-order valence-electron chi connectivity index (χ0n) is 13.7. The molecule has 0 fully saturated rings. The molecule has 0 bridgehead atoms. The molecule has 4 heteroatoms. The van der Waals surface area contributed by atoms with Crippen molar-refractivity contribution < 1.29 is 15.0 Å². The predicted octanol–water partition coefficient (Wildman–Crippen LogP) is 3.93. The first-order chi connectivity index (χ1) is 10.8. The number of rotatable bonds is 4. The van der Waals surface area contributed by atoms with Gasteiger partial charge in [-0.25, -0.2) is 4.79 Å². The summed E-state index contributed by atoms with van der Waals surface area (Å²) in [5.41, 5.74) is -0.614. The van der Waals surface area contributed by atoms with Gasteiger partial charge in [-0.2, -0.15) is 0 Å². The topological polar surface area (TPSA) is 69.6 Å². The smallest absolute Gasteiger partial charge is 0.405 e. The van der Waals surface area contributed by atoms with E-state index < -0.39 is 23.2 Å². The van der Waals surface area contributed by atoms with Gasteiger partial charge in [-0.1, -0.05) is 81.4 Å². The van der Waals surface area contributed by atoms with E-state index in [1.54, 1.807) is 0 Å². The van der Waals surface area contributed by atoms with Crippen LogP contribution in [0.4, 0.5) is 4.79 Å². The fraction of sp³-hybridized carbons (Fsp3) is 0.316. The molecule has 23 heavy (non-hydrogen) atoms. The molecule has 2 aromatic rings. The molecule has 0 aliphatic heterocycles. The van der Waals surface area contributed by atoms with Crippen LogP contribution in [0.25, 0.3) is 0 Å². The molecule has 122 valence electrons. The van der Waals surface area contributed by atoms with Crippen molar-refractivity contribution in [3.8, 4) is 0 Å². The highest BCUT2D eigenvalue weighted by atomic mass is 16.4. The Hall–Kier alpha value is -2.33. The highest BCUT2D eigenvalue weighted by Gasteiger charge is 2.49. The lowest BCUT2D eigenvalue weighted by atomic mass is 9.66. The summed E-state index contributed by atoms with van der Waals surface area (Å²) in [7, 11) is 0. The molecule has 0 aliphatic carbocycles. The van der Waals surface area contributed by atoms with Crippen LogP contribution < -0.4 is 5.32 Å². The van der Waals surface area contributed by atoms with Gasteiger partial charge in [0.15, 0.2) is 0 Å². The van der Waals surface area contributed by atoms with Gasteiger partial charge in [0.2, 0.25) is 0 Å². The molecule has 3 N–H and O–H groups in total. The minimum absolute atomic E-state index is 0.600. The molecule has 0 aliphatic rings. The minimum atomic E-state index is -1.41. The van der Waals surface area contributed by atoms with Gasteiger partial charge >= 0.3 is 6.09 Å². The Labute approximate surface area is 136 Å². The Kier molecular flexibility index (Phi) is 4.76. The van der Waals surface area contributed by atoms with E-state index in [1.807, 2.05) is 81.4 Å². The van der Waals surface area contributed by atoms with E-state index >= 15 is 0 Å². The summed E-state index contributed by atoms with van der Waals surface area (Å²) >= 11 is 0. The molecule has 0 radical (unpaired) electrons. The van der Waals surface area contributed by atoms with Crippen LogP contribution in [0.2, 0.25) is 0 Å². The van der Waals surface area contributed by atoms with E-state index in [1.165, 1.54) is 0 Å². The van der Waals surface area contributed by atoms with E-state index in [0.29, 0.717) is 5.56 Å².